The number of aromatic carboxylic acids is 1. The monoisotopic (exact) mass is 303 g/mol. The van der Waals surface area contributed by atoms with E-state index >= 15 is 0 Å². The van der Waals surface area contributed by atoms with Crippen LogP contribution in [0.1, 0.15) is 32.1 Å². The van der Waals surface area contributed by atoms with E-state index in [4.69, 9.17) is 5.11 Å². The number of rotatable bonds is 2. The molecule has 0 saturated heterocycles. The van der Waals surface area contributed by atoms with Gasteiger partial charge >= 0.3 is 5.97 Å². The van der Waals surface area contributed by atoms with E-state index in [1.54, 1.807) is 18.0 Å². The minimum Gasteiger partial charge on any atom is -0.476 e. The molecular formula is C15H14FN3O3. The molecule has 1 aromatic carbocycles. The quantitative estimate of drug-likeness (QED) is 0.911. The van der Waals surface area contributed by atoms with E-state index < -0.39 is 11.8 Å². The lowest BCUT2D eigenvalue weighted by Crippen LogP contribution is -2.36. The maximum atomic E-state index is 13.2. The molecule has 7 heteroatoms. The Hall–Kier alpha value is -2.70. The highest BCUT2D eigenvalue weighted by Crippen LogP contribution is 2.23. The third-order valence-corrected chi connectivity index (χ3v) is 3.81. The Kier molecular flexibility index (Phi) is 3.40. The third kappa shape index (κ3) is 2.34. The van der Waals surface area contributed by atoms with Gasteiger partial charge in [0.25, 0.3) is 5.91 Å². The molecule has 1 aromatic heterocycles. The molecule has 1 amide bonds. The zero-order chi connectivity index (χ0) is 15.9. The molecule has 2 heterocycles. The summed E-state index contributed by atoms with van der Waals surface area (Å²) in [6.45, 7) is 0.649. The fourth-order valence-corrected chi connectivity index (χ4v) is 2.72. The van der Waals surface area contributed by atoms with Crippen LogP contribution in [0.5, 0.6) is 0 Å². The highest BCUT2D eigenvalue weighted by Gasteiger charge is 2.29. The zero-order valence-corrected chi connectivity index (χ0v) is 11.9. The van der Waals surface area contributed by atoms with E-state index in [1.165, 1.54) is 22.9 Å². The van der Waals surface area contributed by atoms with E-state index in [1.807, 2.05) is 0 Å². The minimum absolute atomic E-state index is 0.0374. The lowest BCUT2D eigenvalue weighted by Gasteiger charge is -2.27. The SMILES string of the molecule is Cn1nc(C(=O)O)c2c1CN(C(=O)c1cccc(F)c1)CC2. The van der Waals surface area contributed by atoms with E-state index in [-0.39, 0.29) is 23.7 Å². The third-order valence-electron chi connectivity index (χ3n) is 3.81. The normalized spacial score (nSPS) is 13.8. The van der Waals surface area contributed by atoms with Crippen LogP contribution in [-0.4, -0.2) is 38.2 Å². The number of aryl methyl sites for hydroxylation is 1. The van der Waals surface area contributed by atoms with Gasteiger partial charge in [-0.3, -0.25) is 9.48 Å². The summed E-state index contributed by atoms with van der Waals surface area (Å²) in [6, 6.07) is 5.53. The average Bonchev–Trinajstić information content (AvgIpc) is 2.83. The molecule has 0 unspecified atom stereocenters. The highest BCUT2D eigenvalue weighted by atomic mass is 19.1. The zero-order valence-electron chi connectivity index (χ0n) is 11.9. The summed E-state index contributed by atoms with van der Waals surface area (Å²) in [5.74, 6) is -1.80. The molecule has 0 saturated carbocycles. The molecule has 6 nitrogen and oxygen atoms in total. The molecule has 1 N–H and O–H groups in total. The number of hydrogen-bond donors (Lipinski definition) is 1. The second-order valence-electron chi connectivity index (χ2n) is 5.19. The van der Waals surface area contributed by atoms with Gasteiger partial charge in [-0.2, -0.15) is 5.10 Å². The topological polar surface area (TPSA) is 75.4 Å². The largest absolute Gasteiger partial charge is 0.476 e. The molecule has 1 aliphatic rings. The Balaban J connectivity index is 1.88. The number of halogens is 1. The van der Waals surface area contributed by atoms with Crippen LogP contribution in [0, 0.1) is 5.82 Å². The summed E-state index contributed by atoms with van der Waals surface area (Å²) >= 11 is 0. The van der Waals surface area contributed by atoms with Crippen molar-refractivity contribution >= 4 is 11.9 Å². The number of carbonyl (C=O) groups excluding carboxylic acids is 1. The Morgan fingerprint density at radius 3 is 2.82 bits per heavy atom. The smallest absolute Gasteiger partial charge is 0.356 e. The van der Waals surface area contributed by atoms with Crippen LogP contribution in [-0.2, 0) is 20.0 Å². The molecule has 0 fully saturated rings. The molecule has 0 spiro atoms. The van der Waals surface area contributed by atoms with Gasteiger partial charge in [0.1, 0.15) is 5.82 Å². The standard InChI is InChI=1S/C15H14FN3O3/c1-18-12-8-19(6-5-11(12)13(17-18)15(21)22)14(20)9-3-2-4-10(16)7-9/h2-4,7H,5-6,8H2,1H3,(H,21,22). The summed E-state index contributed by atoms with van der Waals surface area (Å²) in [5, 5.41) is 13.1. The van der Waals surface area contributed by atoms with Crippen molar-refractivity contribution < 1.29 is 19.1 Å². The van der Waals surface area contributed by atoms with Gasteiger partial charge in [-0.15, -0.1) is 0 Å². The lowest BCUT2D eigenvalue weighted by molar-refractivity contribution is 0.0688. The molecule has 0 radical (unpaired) electrons. The maximum Gasteiger partial charge on any atom is 0.356 e. The lowest BCUT2D eigenvalue weighted by atomic mass is 10.0. The van der Waals surface area contributed by atoms with Gasteiger partial charge in [-0.05, 0) is 24.6 Å². The number of fused-ring (bicyclic) bond motifs is 1. The van der Waals surface area contributed by atoms with Crippen molar-refractivity contribution in [2.24, 2.45) is 7.05 Å². The Morgan fingerprint density at radius 1 is 1.36 bits per heavy atom. The molecule has 0 bridgehead atoms. The van der Waals surface area contributed by atoms with Crippen LogP contribution in [0.15, 0.2) is 24.3 Å². The molecule has 0 aliphatic carbocycles. The highest BCUT2D eigenvalue weighted by molar-refractivity contribution is 5.94. The van der Waals surface area contributed by atoms with Gasteiger partial charge in [0.15, 0.2) is 5.69 Å². The van der Waals surface area contributed by atoms with Crippen LogP contribution >= 0.6 is 0 Å². The number of carboxylic acid groups (broad SMARTS) is 1. The molecule has 3 rings (SSSR count). The Morgan fingerprint density at radius 2 is 2.14 bits per heavy atom. The number of aromatic nitrogens is 2. The Labute approximate surface area is 125 Å². The second kappa shape index (κ2) is 5.25. The van der Waals surface area contributed by atoms with Crippen LogP contribution < -0.4 is 0 Å². The fourth-order valence-electron chi connectivity index (χ4n) is 2.72. The summed E-state index contributed by atoms with van der Waals surface area (Å²) < 4.78 is 14.7. The van der Waals surface area contributed by atoms with Crippen molar-refractivity contribution in [1.29, 1.82) is 0 Å². The molecular weight excluding hydrogens is 289 g/mol. The number of carbonyl (C=O) groups is 2. The van der Waals surface area contributed by atoms with Gasteiger partial charge in [0, 0.05) is 24.7 Å². The summed E-state index contributed by atoms with van der Waals surface area (Å²) in [7, 11) is 1.65. The van der Waals surface area contributed by atoms with Gasteiger partial charge in [0.2, 0.25) is 0 Å². The molecule has 1 aliphatic heterocycles. The van der Waals surface area contributed by atoms with Crippen molar-refractivity contribution in [2.45, 2.75) is 13.0 Å². The summed E-state index contributed by atoms with van der Waals surface area (Å²) in [5.41, 5.74) is 1.69. The van der Waals surface area contributed by atoms with Crippen molar-refractivity contribution in [2.75, 3.05) is 6.54 Å². The molecule has 114 valence electrons. The van der Waals surface area contributed by atoms with Gasteiger partial charge in [-0.1, -0.05) is 6.07 Å². The van der Waals surface area contributed by atoms with Crippen LogP contribution in [0.2, 0.25) is 0 Å². The fraction of sp³-hybridized carbons (Fsp3) is 0.267. The molecule has 22 heavy (non-hydrogen) atoms. The minimum atomic E-state index is -1.07. The van der Waals surface area contributed by atoms with E-state index in [0.29, 0.717) is 24.2 Å². The van der Waals surface area contributed by atoms with E-state index in [9.17, 15) is 14.0 Å². The van der Waals surface area contributed by atoms with Crippen molar-refractivity contribution in [3.05, 3.63) is 52.6 Å². The first-order valence-electron chi connectivity index (χ1n) is 6.80. The van der Waals surface area contributed by atoms with E-state index in [2.05, 4.69) is 5.10 Å². The van der Waals surface area contributed by atoms with Crippen molar-refractivity contribution in [1.82, 2.24) is 14.7 Å². The number of nitrogens with zero attached hydrogens (tertiary/aromatic N) is 3. The predicted molar refractivity (Wildman–Crippen MR) is 75.0 cm³/mol. The molecule has 2 aromatic rings. The summed E-state index contributed by atoms with van der Waals surface area (Å²) in [4.78, 5) is 25.2. The summed E-state index contributed by atoms with van der Waals surface area (Å²) in [6.07, 6.45) is 0.422. The van der Waals surface area contributed by atoms with E-state index in [0.717, 1.165) is 0 Å². The number of hydrogen-bond acceptors (Lipinski definition) is 3. The van der Waals surface area contributed by atoms with Crippen LogP contribution in [0.25, 0.3) is 0 Å². The van der Waals surface area contributed by atoms with Crippen molar-refractivity contribution in [3.63, 3.8) is 0 Å². The maximum absolute atomic E-state index is 13.2. The van der Waals surface area contributed by atoms with Crippen molar-refractivity contribution in [3.8, 4) is 0 Å². The first kappa shape index (κ1) is 14.2. The second-order valence-corrected chi connectivity index (χ2v) is 5.19. The van der Waals surface area contributed by atoms with Crippen LogP contribution in [0.4, 0.5) is 4.39 Å². The first-order valence-corrected chi connectivity index (χ1v) is 6.80. The van der Waals surface area contributed by atoms with Crippen LogP contribution in [0.3, 0.4) is 0 Å². The number of carboxylic acids is 1. The Bertz CT molecular complexity index is 769. The predicted octanol–water partition coefficient (Wildman–Crippen LogP) is 1.46. The number of amides is 1. The molecule has 0 atom stereocenters. The van der Waals surface area contributed by atoms with Gasteiger partial charge < -0.3 is 10.0 Å². The average molecular weight is 303 g/mol. The number of benzene rings is 1. The van der Waals surface area contributed by atoms with Gasteiger partial charge in [0.05, 0.1) is 12.2 Å². The first-order chi connectivity index (χ1) is 10.5. The van der Waals surface area contributed by atoms with Gasteiger partial charge in [-0.25, -0.2) is 9.18 Å².